The Bertz CT molecular complexity index is 812. The molecule has 4 heteroatoms. The predicted molar refractivity (Wildman–Crippen MR) is 109 cm³/mol. The van der Waals surface area contributed by atoms with E-state index in [4.69, 9.17) is 0 Å². The number of benzene rings is 2. The molecule has 0 nitrogen and oxygen atoms in total. The van der Waals surface area contributed by atoms with Gasteiger partial charge in [0.05, 0.1) is 0 Å². The fraction of sp³-hybridized carbons (Fsp3) is 0.391. The molecule has 0 spiro atoms. The molecule has 1 unspecified atom stereocenters. The molecule has 2 aromatic carbocycles. The van der Waals surface area contributed by atoms with Gasteiger partial charge in [0, 0.05) is 0 Å². The van der Waals surface area contributed by atoms with Gasteiger partial charge in [-0.25, -0.2) is 0 Å². The summed E-state index contributed by atoms with van der Waals surface area (Å²) in [4.78, 5) is 0. The summed E-state index contributed by atoms with van der Waals surface area (Å²) in [5.74, 6) is 0. The van der Waals surface area contributed by atoms with Crippen molar-refractivity contribution in [2.45, 2.75) is 55.5 Å². The van der Waals surface area contributed by atoms with Gasteiger partial charge in [-0.05, 0) is 0 Å². The third-order valence-corrected chi connectivity index (χ3v) is 8.09. The van der Waals surface area contributed by atoms with Crippen LogP contribution in [0.5, 0.6) is 0 Å². The fourth-order valence-corrected chi connectivity index (χ4v) is 6.74. The van der Waals surface area contributed by atoms with Crippen molar-refractivity contribution in [3.05, 3.63) is 64.7 Å². The van der Waals surface area contributed by atoms with Crippen LogP contribution in [0.15, 0.2) is 48.0 Å². The largest absolute Gasteiger partial charge is 1.00 e. The standard InChI is InChI=1S/C23H29Si.2ClH.Zr/c1-23(2,3)20-12-10-18(11-13-20)21-9-7-8-19-14-17(15-22(19)21)16-24(4,5)6;;;/h7-15H,16H2,1-6H3;2*1H;/q;;;+2/p-2. The predicted octanol–water partition coefficient (Wildman–Crippen LogP) is 0.982. The van der Waals surface area contributed by atoms with Gasteiger partial charge >= 0.3 is 170 Å². The summed E-state index contributed by atoms with van der Waals surface area (Å²) in [7, 11) is -1.08. The van der Waals surface area contributed by atoms with E-state index < -0.39 is 8.07 Å². The zero-order valence-electron chi connectivity index (χ0n) is 17.2. The number of halogens is 2. The van der Waals surface area contributed by atoms with Gasteiger partial charge in [0.15, 0.2) is 0 Å². The van der Waals surface area contributed by atoms with Crippen LogP contribution in [0, 0.1) is 0 Å². The van der Waals surface area contributed by atoms with Crippen LogP contribution in [0.4, 0.5) is 0 Å². The van der Waals surface area contributed by atoms with Crippen LogP contribution in [0.25, 0.3) is 17.2 Å². The van der Waals surface area contributed by atoms with Gasteiger partial charge in [-0.2, -0.15) is 0 Å². The Kier molecular flexibility index (Phi) is 8.41. The molecule has 2 aromatic rings. The maximum absolute atomic E-state index is 2.51. The molecule has 0 radical (unpaired) electrons. The van der Waals surface area contributed by atoms with E-state index in [2.05, 4.69) is 89.0 Å². The second-order valence-electron chi connectivity index (χ2n) is 9.53. The second kappa shape index (κ2) is 9.12. The van der Waals surface area contributed by atoms with Crippen molar-refractivity contribution < 1.29 is 49.5 Å². The molecule has 0 fully saturated rings. The molecule has 3 rings (SSSR count). The van der Waals surface area contributed by atoms with Gasteiger partial charge in [0.25, 0.3) is 0 Å². The van der Waals surface area contributed by atoms with E-state index in [9.17, 15) is 0 Å². The molecule has 1 aliphatic carbocycles. The minimum absolute atomic E-state index is 0. The zero-order valence-corrected chi connectivity index (χ0v) is 22.1. The fourth-order valence-electron chi connectivity index (χ4n) is 3.63. The minimum atomic E-state index is -1.08. The van der Waals surface area contributed by atoms with E-state index in [-0.39, 0.29) is 30.2 Å². The van der Waals surface area contributed by atoms with Crippen molar-refractivity contribution in [2.24, 2.45) is 0 Å². The molecule has 0 aromatic heterocycles. The molecule has 0 aliphatic heterocycles. The Hall–Kier alpha value is -0.140. The molecule has 1 aliphatic rings. The van der Waals surface area contributed by atoms with Gasteiger partial charge in [-0.3, -0.25) is 0 Å². The molecule has 1 atom stereocenters. The molecule has 0 N–H and O–H groups in total. The van der Waals surface area contributed by atoms with Crippen LogP contribution in [0.3, 0.4) is 0 Å². The van der Waals surface area contributed by atoms with Crippen molar-refractivity contribution in [1.82, 2.24) is 0 Å². The number of fused-ring (bicyclic) bond motifs is 1. The van der Waals surface area contributed by atoms with Crippen molar-refractivity contribution in [1.29, 1.82) is 0 Å². The van der Waals surface area contributed by atoms with Gasteiger partial charge in [-0.15, -0.1) is 0 Å². The first kappa shape index (κ1) is 24.9. The van der Waals surface area contributed by atoms with E-state index in [1.54, 1.807) is 35.9 Å². The summed E-state index contributed by atoms with van der Waals surface area (Å²) in [6.45, 7) is 14.3. The molecular weight excluding hydrogens is 466 g/mol. The van der Waals surface area contributed by atoms with E-state index in [0.717, 1.165) is 0 Å². The molecular formula is C23H29Cl2SiZr. The van der Waals surface area contributed by atoms with Gasteiger partial charge < -0.3 is 24.8 Å². The summed E-state index contributed by atoms with van der Waals surface area (Å²) in [5.41, 5.74) is 9.04. The summed E-state index contributed by atoms with van der Waals surface area (Å²) in [6.07, 6.45) is 2.51. The van der Waals surface area contributed by atoms with Crippen LogP contribution in [0.2, 0.25) is 25.7 Å². The SMILES string of the molecule is CC(C)(C)c1ccc(-c2cccc3c2C=C(C[Si](C)(C)C)[CH]3[Zr+2])cc1.[Cl-].[Cl-]. The maximum atomic E-state index is 2.51. The van der Waals surface area contributed by atoms with Crippen LogP contribution in [0.1, 0.15) is 41.1 Å². The molecule has 27 heavy (non-hydrogen) atoms. The Morgan fingerprint density at radius 2 is 1.52 bits per heavy atom. The van der Waals surface area contributed by atoms with E-state index in [1.807, 2.05) is 0 Å². The monoisotopic (exact) mass is 493 g/mol. The first-order valence-electron chi connectivity index (χ1n) is 9.22. The third kappa shape index (κ3) is 5.69. The Balaban J connectivity index is 0.00000182. The minimum Gasteiger partial charge on any atom is -1.00 e. The van der Waals surface area contributed by atoms with Gasteiger partial charge in [0.1, 0.15) is 0 Å². The molecule has 0 bridgehead atoms. The van der Waals surface area contributed by atoms with Crippen molar-refractivity contribution in [2.75, 3.05) is 0 Å². The summed E-state index contributed by atoms with van der Waals surface area (Å²) in [6, 6.07) is 17.4. The van der Waals surface area contributed by atoms with Crippen molar-refractivity contribution >= 4 is 14.1 Å². The van der Waals surface area contributed by atoms with Gasteiger partial charge in [0.2, 0.25) is 0 Å². The summed E-state index contributed by atoms with van der Waals surface area (Å²) < 4.78 is 0.655. The smallest absolute Gasteiger partial charge is 1.00 e. The van der Waals surface area contributed by atoms with Crippen LogP contribution in [-0.2, 0) is 30.1 Å². The van der Waals surface area contributed by atoms with E-state index in [0.29, 0.717) is 3.63 Å². The number of rotatable bonds is 3. The maximum Gasteiger partial charge on any atom is -1.00 e. The van der Waals surface area contributed by atoms with Crippen LogP contribution in [-0.4, -0.2) is 8.07 Å². The van der Waals surface area contributed by atoms with Gasteiger partial charge in [-0.1, -0.05) is 0 Å². The van der Waals surface area contributed by atoms with E-state index >= 15 is 0 Å². The number of hydrogen-bond donors (Lipinski definition) is 0. The number of allylic oxidation sites excluding steroid dienone is 1. The topological polar surface area (TPSA) is 0 Å². The van der Waals surface area contributed by atoms with Crippen LogP contribution >= 0.6 is 0 Å². The van der Waals surface area contributed by atoms with Crippen molar-refractivity contribution in [3.8, 4) is 11.1 Å². The number of hydrogen-bond acceptors (Lipinski definition) is 0. The molecule has 143 valence electrons. The molecule has 0 amide bonds. The van der Waals surface area contributed by atoms with Crippen molar-refractivity contribution in [3.63, 3.8) is 0 Å². The normalized spacial score (nSPS) is 16.1. The average Bonchev–Trinajstić information content (AvgIpc) is 2.81. The molecule has 0 saturated heterocycles. The van der Waals surface area contributed by atoms with Crippen LogP contribution < -0.4 is 24.8 Å². The second-order valence-corrected chi connectivity index (χ2v) is 16.4. The average molecular weight is 496 g/mol. The zero-order chi connectivity index (χ0) is 18.4. The Morgan fingerprint density at radius 1 is 0.926 bits per heavy atom. The molecule has 0 heterocycles. The summed E-state index contributed by atoms with van der Waals surface area (Å²) in [5, 5.41) is 0. The third-order valence-electron chi connectivity index (χ3n) is 4.95. The quantitative estimate of drug-likeness (QED) is 0.557. The first-order valence-corrected chi connectivity index (χ1v) is 14.3. The molecule has 0 saturated carbocycles. The van der Waals surface area contributed by atoms with E-state index in [1.165, 1.54) is 28.3 Å². The first-order chi connectivity index (χ1) is 11.6. The summed E-state index contributed by atoms with van der Waals surface area (Å²) >= 11 is 1.62. The Morgan fingerprint density at radius 3 is 2.04 bits per heavy atom. The Labute approximate surface area is 193 Å².